The van der Waals surface area contributed by atoms with Gasteiger partial charge in [-0.1, -0.05) is 18.2 Å². The molecule has 6 heteroatoms. The lowest BCUT2D eigenvalue weighted by molar-refractivity contribution is -0.120. The minimum atomic E-state index is -0.764. The Balaban J connectivity index is 1.48. The van der Waals surface area contributed by atoms with Crippen LogP contribution < -0.4 is 19.7 Å². The molecule has 4 rings (SSSR count). The number of nitrogens with zero attached hydrogens (tertiary/aromatic N) is 1. The third-order valence-electron chi connectivity index (χ3n) is 5.61. The first-order chi connectivity index (χ1) is 14.0. The maximum Gasteiger partial charge on any atom is 0.252 e. The van der Waals surface area contributed by atoms with Crippen LogP contribution >= 0.6 is 0 Å². The molecule has 0 aromatic heterocycles. The molecule has 2 amide bonds. The summed E-state index contributed by atoms with van der Waals surface area (Å²) in [6.45, 7) is 2.06. The van der Waals surface area contributed by atoms with E-state index in [1.54, 1.807) is 19.2 Å². The molecular weight excluding hydrogens is 368 g/mol. The van der Waals surface area contributed by atoms with Crippen molar-refractivity contribution in [1.29, 1.82) is 0 Å². The van der Waals surface area contributed by atoms with E-state index in [0.717, 1.165) is 24.2 Å². The van der Waals surface area contributed by atoms with Crippen LogP contribution in [0.25, 0.3) is 0 Å². The summed E-state index contributed by atoms with van der Waals surface area (Å²) in [5, 5.41) is 2.82. The number of rotatable bonds is 4. The first-order valence-corrected chi connectivity index (χ1v) is 10.1. The minimum absolute atomic E-state index is 0.0865. The third kappa shape index (κ3) is 4.06. The molecule has 2 aromatic carbocycles. The smallest absolute Gasteiger partial charge is 0.252 e. The van der Waals surface area contributed by atoms with Gasteiger partial charge in [0, 0.05) is 12.6 Å². The molecule has 6 nitrogen and oxygen atoms in total. The number of likely N-dealkylation sites (N-methyl/N-ethyl adjacent to an activating group) is 1. The second-order valence-corrected chi connectivity index (χ2v) is 7.71. The summed E-state index contributed by atoms with van der Waals surface area (Å²) in [5.41, 5.74) is 2.16. The molecule has 1 aliphatic heterocycles. The highest BCUT2D eigenvalue weighted by molar-refractivity contribution is 6.03. The van der Waals surface area contributed by atoms with Crippen LogP contribution in [0.2, 0.25) is 0 Å². The molecule has 1 atom stereocenters. The Morgan fingerprint density at radius 2 is 1.93 bits per heavy atom. The second-order valence-electron chi connectivity index (χ2n) is 7.71. The number of hydrogen-bond acceptors (Lipinski definition) is 4. The molecule has 29 heavy (non-hydrogen) atoms. The number of para-hydroxylation sites is 2. The van der Waals surface area contributed by atoms with E-state index in [2.05, 4.69) is 5.32 Å². The molecule has 0 radical (unpaired) electrons. The summed E-state index contributed by atoms with van der Waals surface area (Å²) < 4.78 is 11.9. The number of hydrogen-bond donors (Lipinski definition) is 1. The number of amides is 2. The topological polar surface area (TPSA) is 67.9 Å². The average molecular weight is 394 g/mol. The zero-order valence-corrected chi connectivity index (χ0v) is 16.8. The Morgan fingerprint density at radius 3 is 2.72 bits per heavy atom. The Morgan fingerprint density at radius 1 is 1.17 bits per heavy atom. The number of carbonyl (C=O) groups is 2. The summed E-state index contributed by atoms with van der Waals surface area (Å²) in [6, 6.07) is 12.0. The van der Waals surface area contributed by atoms with Crippen molar-refractivity contribution >= 4 is 17.5 Å². The number of aryl methyl sites for hydroxylation is 1. The zero-order chi connectivity index (χ0) is 20.4. The van der Waals surface area contributed by atoms with Crippen LogP contribution in [0.4, 0.5) is 5.69 Å². The second kappa shape index (κ2) is 8.15. The van der Waals surface area contributed by atoms with Crippen LogP contribution in [0.3, 0.4) is 0 Å². The molecule has 2 aliphatic rings. The maximum atomic E-state index is 12.9. The van der Waals surface area contributed by atoms with Gasteiger partial charge in [0.25, 0.3) is 11.8 Å². The van der Waals surface area contributed by atoms with Crippen LogP contribution in [-0.2, 0) is 4.79 Å². The van der Waals surface area contributed by atoms with E-state index in [1.807, 2.05) is 37.3 Å². The Bertz CT molecular complexity index is 921. The van der Waals surface area contributed by atoms with E-state index < -0.39 is 6.04 Å². The fourth-order valence-corrected chi connectivity index (χ4v) is 3.85. The maximum absolute atomic E-state index is 12.9. The van der Waals surface area contributed by atoms with Gasteiger partial charge < -0.3 is 19.7 Å². The van der Waals surface area contributed by atoms with Crippen molar-refractivity contribution in [2.45, 2.75) is 44.8 Å². The van der Waals surface area contributed by atoms with Gasteiger partial charge in [-0.15, -0.1) is 0 Å². The molecular formula is C23H26N2O4. The first-order valence-electron chi connectivity index (χ1n) is 10.1. The molecule has 0 saturated heterocycles. The van der Waals surface area contributed by atoms with E-state index in [0.29, 0.717) is 17.0 Å². The van der Waals surface area contributed by atoms with Crippen molar-refractivity contribution < 1.29 is 19.1 Å². The van der Waals surface area contributed by atoms with E-state index in [9.17, 15) is 9.59 Å². The zero-order valence-electron chi connectivity index (χ0n) is 16.8. The summed E-state index contributed by atoms with van der Waals surface area (Å²) in [6.07, 6.45) is 4.69. The van der Waals surface area contributed by atoms with Crippen LogP contribution in [0.15, 0.2) is 42.5 Å². The van der Waals surface area contributed by atoms with Gasteiger partial charge in [0.15, 0.2) is 0 Å². The average Bonchev–Trinajstić information content (AvgIpc) is 3.21. The monoisotopic (exact) mass is 394 g/mol. The number of carbonyl (C=O) groups excluding carboxylic acids is 2. The molecule has 1 saturated carbocycles. The summed E-state index contributed by atoms with van der Waals surface area (Å²) in [4.78, 5) is 27.2. The lowest BCUT2D eigenvalue weighted by Crippen LogP contribution is -2.49. The van der Waals surface area contributed by atoms with E-state index >= 15 is 0 Å². The molecule has 1 fully saturated rings. The molecule has 1 heterocycles. The van der Waals surface area contributed by atoms with Gasteiger partial charge in [-0.25, -0.2) is 0 Å². The van der Waals surface area contributed by atoms with Crippen molar-refractivity contribution in [2.75, 3.05) is 18.6 Å². The third-order valence-corrected chi connectivity index (χ3v) is 5.61. The van der Waals surface area contributed by atoms with Crippen molar-refractivity contribution in [3.8, 4) is 11.5 Å². The molecule has 2 aromatic rings. The molecule has 1 N–H and O–H groups in total. The highest BCUT2D eigenvalue weighted by Gasteiger charge is 2.30. The van der Waals surface area contributed by atoms with E-state index in [4.69, 9.17) is 9.47 Å². The minimum Gasteiger partial charge on any atom is -0.490 e. The van der Waals surface area contributed by atoms with Crippen LogP contribution in [0, 0.1) is 6.92 Å². The molecule has 152 valence electrons. The van der Waals surface area contributed by atoms with Crippen molar-refractivity contribution in [1.82, 2.24) is 5.32 Å². The van der Waals surface area contributed by atoms with E-state index in [-0.39, 0.29) is 24.5 Å². The number of anilines is 1. The summed E-state index contributed by atoms with van der Waals surface area (Å²) in [5.74, 6) is 0.834. The number of nitrogens with one attached hydrogen (secondary N) is 1. The fraction of sp³-hybridized carbons (Fsp3) is 0.391. The van der Waals surface area contributed by atoms with Gasteiger partial charge >= 0.3 is 0 Å². The summed E-state index contributed by atoms with van der Waals surface area (Å²) >= 11 is 0. The van der Waals surface area contributed by atoms with Crippen molar-refractivity contribution in [2.24, 2.45) is 0 Å². The van der Waals surface area contributed by atoms with Crippen LogP contribution in [0.5, 0.6) is 11.5 Å². The quantitative estimate of drug-likeness (QED) is 0.862. The highest BCUT2D eigenvalue weighted by atomic mass is 16.5. The van der Waals surface area contributed by atoms with Gasteiger partial charge in [0.2, 0.25) is 0 Å². The van der Waals surface area contributed by atoms with Crippen molar-refractivity contribution in [3.63, 3.8) is 0 Å². The standard InChI is InChI=1S/C23H26N2O4/c1-15-11-12-16(13-21(15)29-17-7-3-4-8-17)22(26)24-18-14-28-20-10-6-5-9-19(20)25(2)23(18)27/h5-6,9-13,17-18H,3-4,7-8,14H2,1-2H3,(H,24,26)/t18-/m0/s1. The van der Waals surface area contributed by atoms with Crippen LogP contribution in [-0.4, -0.2) is 37.6 Å². The molecule has 0 bridgehead atoms. The lowest BCUT2D eigenvalue weighted by Gasteiger charge is -2.21. The first kappa shape index (κ1) is 19.3. The molecule has 1 aliphatic carbocycles. The largest absolute Gasteiger partial charge is 0.490 e. The van der Waals surface area contributed by atoms with Gasteiger partial charge in [0.05, 0.1) is 11.8 Å². The summed E-state index contributed by atoms with van der Waals surface area (Å²) in [7, 11) is 1.69. The predicted octanol–water partition coefficient (Wildman–Crippen LogP) is 3.47. The Hall–Kier alpha value is -3.02. The van der Waals surface area contributed by atoms with Crippen molar-refractivity contribution in [3.05, 3.63) is 53.6 Å². The van der Waals surface area contributed by atoms with Gasteiger partial charge in [-0.3, -0.25) is 9.59 Å². The van der Waals surface area contributed by atoms with Gasteiger partial charge in [-0.05, 0) is 62.4 Å². The number of ether oxygens (including phenoxy) is 2. The highest BCUT2D eigenvalue weighted by Crippen LogP contribution is 2.30. The van der Waals surface area contributed by atoms with Gasteiger partial charge in [-0.2, -0.15) is 0 Å². The normalized spacial score (nSPS) is 19.3. The fourth-order valence-electron chi connectivity index (χ4n) is 3.85. The lowest BCUT2D eigenvalue weighted by atomic mass is 10.1. The Labute approximate surface area is 170 Å². The molecule has 0 unspecified atom stereocenters. The van der Waals surface area contributed by atoms with Gasteiger partial charge in [0.1, 0.15) is 24.1 Å². The Kier molecular flexibility index (Phi) is 5.43. The predicted molar refractivity (Wildman–Crippen MR) is 111 cm³/mol. The molecule has 0 spiro atoms. The SMILES string of the molecule is Cc1ccc(C(=O)N[C@H]2COc3ccccc3N(C)C2=O)cc1OC1CCCC1. The number of benzene rings is 2. The number of fused-ring (bicyclic) bond motifs is 1. The van der Waals surface area contributed by atoms with E-state index in [1.165, 1.54) is 17.7 Å². The van der Waals surface area contributed by atoms with Crippen LogP contribution in [0.1, 0.15) is 41.6 Å².